The number of imide groups is 1. The molecule has 0 unspecified atom stereocenters. The van der Waals surface area contributed by atoms with Gasteiger partial charge in [0, 0.05) is 5.39 Å². The van der Waals surface area contributed by atoms with Crippen molar-refractivity contribution >= 4 is 40.5 Å². The number of hydrazine groups is 1. The molecule has 1 aromatic heterocycles. The van der Waals surface area contributed by atoms with Gasteiger partial charge < -0.3 is 5.32 Å². The molecule has 1 aliphatic carbocycles. The van der Waals surface area contributed by atoms with Crippen molar-refractivity contribution in [2.75, 3.05) is 5.75 Å². The number of nitrogens with one attached hydrogen (secondary N) is 2. The Morgan fingerprint density at radius 3 is 2.78 bits per heavy atom. The van der Waals surface area contributed by atoms with Gasteiger partial charge in [0.2, 0.25) is 5.91 Å². The van der Waals surface area contributed by atoms with Gasteiger partial charge in [-0.15, -0.1) is 0 Å². The molecule has 2 N–H and O–H groups in total. The van der Waals surface area contributed by atoms with E-state index in [1.165, 1.54) is 18.1 Å². The predicted molar refractivity (Wildman–Crippen MR) is 99.6 cm³/mol. The predicted octanol–water partition coefficient (Wildman–Crippen LogP) is 2.01. The van der Waals surface area contributed by atoms with Crippen LogP contribution in [0.2, 0.25) is 0 Å². The van der Waals surface area contributed by atoms with Gasteiger partial charge in [-0.25, -0.2) is 14.8 Å². The fourth-order valence-electron chi connectivity index (χ4n) is 3.60. The third-order valence-electron chi connectivity index (χ3n) is 4.95. The summed E-state index contributed by atoms with van der Waals surface area (Å²) in [5, 5.41) is 5.13. The average Bonchev–Trinajstić information content (AvgIpc) is 2.91. The fraction of sp³-hybridized carbons (Fsp3) is 0.389. The molecule has 4 rings (SSSR count). The summed E-state index contributed by atoms with van der Waals surface area (Å²) in [5.41, 5.74) is 2.38. The van der Waals surface area contributed by atoms with E-state index in [4.69, 9.17) is 0 Å². The van der Waals surface area contributed by atoms with Crippen LogP contribution in [-0.2, 0) is 9.59 Å². The van der Waals surface area contributed by atoms with Crippen molar-refractivity contribution in [3.63, 3.8) is 0 Å². The Kier molecular flexibility index (Phi) is 4.69. The van der Waals surface area contributed by atoms with E-state index in [0.717, 1.165) is 35.2 Å². The van der Waals surface area contributed by atoms with Gasteiger partial charge in [-0.2, -0.15) is 5.01 Å². The molecule has 2 heterocycles. The van der Waals surface area contributed by atoms with E-state index in [2.05, 4.69) is 20.7 Å². The van der Waals surface area contributed by atoms with Gasteiger partial charge >= 0.3 is 6.03 Å². The summed E-state index contributed by atoms with van der Waals surface area (Å²) in [6, 6.07) is 6.97. The van der Waals surface area contributed by atoms with E-state index >= 15 is 0 Å². The van der Waals surface area contributed by atoms with Crippen molar-refractivity contribution in [3.8, 4) is 0 Å². The van der Waals surface area contributed by atoms with E-state index in [-0.39, 0.29) is 11.7 Å². The minimum atomic E-state index is -0.849. The van der Waals surface area contributed by atoms with Crippen molar-refractivity contribution in [2.24, 2.45) is 0 Å². The second-order valence-electron chi connectivity index (χ2n) is 6.73. The molecular weight excluding hydrogens is 366 g/mol. The number of aromatic nitrogens is 2. The Morgan fingerprint density at radius 1 is 1.19 bits per heavy atom. The van der Waals surface area contributed by atoms with Crippen molar-refractivity contribution in [1.29, 1.82) is 0 Å². The van der Waals surface area contributed by atoms with Crippen LogP contribution in [0.25, 0.3) is 10.9 Å². The zero-order valence-corrected chi connectivity index (χ0v) is 15.4. The number of hydrogen-bond acceptors (Lipinski definition) is 6. The van der Waals surface area contributed by atoms with Gasteiger partial charge in [0.05, 0.1) is 11.3 Å². The number of thioether (sulfide) groups is 1. The van der Waals surface area contributed by atoms with Gasteiger partial charge in [-0.05, 0) is 18.9 Å². The Bertz CT molecular complexity index is 908. The van der Waals surface area contributed by atoms with Crippen LogP contribution in [0.15, 0.2) is 35.6 Å². The number of nitrogens with zero attached hydrogens (tertiary/aromatic N) is 3. The number of fused-ring (bicyclic) bond motifs is 1. The molecule has 0 bridgehead atoms. The number of carbonyl (C=O) groups is 3. The lowest BCUT2D eigenvalue weighted by Crippen LogP contribution is -2.51. The monoisotopic (exact) mass is 385 g/mol. The van der Waals surface area contributed by atoms with Crippen LogP contribution in [0.4, 0.5) is 4.79 Å². The number of urea groups is 1. The molecule has 4 amide bonds. The molecule has 2 aliphatic rings. The van der Waals surface area contributed by atoms with Gasteiger partial charge in [0.15, 0.2) is 0 Å². The van der Waals surface area contributed by atoms with Gasteiger partial charge in [0.1, 0.15) is 16.9 Å². The van der Waals surface area contributed by atoms with Gasteiger partial charge in [0.25, 0.3) is 5.91 Å². The van der Waals surface area contributed by atoms with Crippen LogP contribution < -0.4 is 10.7 Å². The highest BCUT2D eigenvalue weighted by Gasteiger charge is 2.52. The first kappa shape index (κ1) is 17.7. The number of rotatable bonds is 4. The fourth-order valence-corrected chi connectivity index (χ4v) is 4.38. The molecule has 1 aromatic carbocycles. The normalized spacial score (nSPS) is 18.7. The van der Waals surface area contributed by atoms with Crippen molar-refractivity contribution in [1.82, 2.24) is 25.7 Å². The quantitative estimate of drug-likeness (QED) is 0.474. The number of hydrogen-bond donors (Lipinski definition) is 2. The molecule has 1 spiro atoms. The third kappa shape index (κ3) is 3.34. The molecule has 2 fully saturated rings. The molecule has 9 heteroatoms. The Labute approximate surface area is 160 Å². The van der Waals surface area contributed by atoms with Gasteiger partial charge in [-0.1, -0.05) is 49.2 Å². The highest BCUT2D eigenvalue weighted by atomic mass is 32.2. The third-order valence-corrected chi connectivity index (χ3v) is 5.96. The Morgan fingerprint density at radius 2 is 1.96 bits per heavy atom. The SMILES string of the molecule is O=C(CSc1ncnc2ccccc12)NN1C(=O)NC2(CCCCC2)C1=O. The molecule has 140 valence electrons. The minimum Gasteiger partial charge on any atom is -0.322 e. The summed E-state index contributed by atoms with van der Waals surface area (Å²) in [6.07, 6.45) is 5.53. The molecule has 0 atom stereocenters. The molecule has 1 saturated carbocycles. The summed E-state index contributed by atoms with van der Waals surface area (Å²) in [4.78, 5) is 45.6. The molecule has 1 aliphatic heterocycles. The van der Waals surface area contributed by atoms with E-state index in [9.17, 15) is 14.4 Å². The highest BCUT2D eigenvalue weighted by Crippen LogP contribution is 2.33. The number of amides is 4. The van der Waals surface area contributed by atoms with Crippen LogP contribution in [0.5, 0.6) is 0 Å². The lowest BCUT2D eigenvalue weighted by atomic mass is 9.82. The topological polar surface area (TPSA) is 104 Å². The first-order valence-corrected chi connectivity index (χ1v) is 9.86. The van der Waals surface area contributed by atoms with Crippen LogP contribution in [-0.4, -0.2) is 44.1 Å². The molecular formula is C18H19N5O3S. The number of carbonyl (C=O) groups excluding carboxylic acids is 3. The maximum absolute atomic E-state index is 12.7. The van der Waals surface area contributed by atoms with Crippen molar-refractivity contribution < 1.29 is 14.4 Å². The van der Waals surface area contributed by atoms with E-state index in [1.54, 1.807) is 0 Å². The van der Waals surface area contributed by atoms with E-state index in [0.29, 0.717) is 17.9 Å². The minimum absolute atomic E-state index is 0.0328. The second-order valence-corrected chi connectivity index (χ2v) is 7.70. The second kappa shape index (κ2) is 7.15. The van der Waals surface area contributed by atoms with Crippen LogP contribution in [0, 0.1) is 0 Å². The van der Waals surface area contributed by atoms with Crippen LogP contribution >= 0.6 is 11.8 Å². The molecule has 8 nitrogen and oxygen atoms in total. The maximum atomic E-state index is 12.7. The first-order chi connectivity index (χ1) is 13.1. The number of para-hydroxylation sites is 1. The van der Waals surface area contributed by atoms with Crippen molar-refractivity contribution in [2.45, 2.75) is 42.7 Å². The lowest BCUT2D eigenvalue weighted by molar-refractivity contribution is -0.139. The molecule has 2 aromatic rings. The summed E-state index contributed by atoms with van der Waals surface area (Å²) in [6.45, 7) is 0. The molecule has 1 saturated heterocycles. The van der Waals surface area contributed by atoms with Gasteiger partial charge in [-0.3, -0.25) is 15.0 Å². The van der Waals surface area contributed by atoms with Crippen LogP contribution in [0.3, 0.4) is 0 Å². The summed E-state index contributed by atoms with van der Waals surface area (Å²) in [5.74, 6) is -0.762. The zero-order chi connectivity index (χ0) is 18.9. The van der Waals surface area contributed by atoms with E-state index in [1.807, 2.05) is 24.3 Å². The van der Waals surface area contributed by atoms with Crippen LogP contribution in [0.1, 0.15) is 32.1 Å². The standard InChI is InChI=1S/C18H19N5O3S/c24-14(10-27-15-12-6-2-3-7-13(12)19-11-20-15)22-23-16(25)18(21-17(23)26)8-4-1-5-9-18/h2-3,6-7,11H,1,4-5,8-10H2,(H,21,26)(H,22,24). The summed E-state index contributed by atoms with van der Waals surface area (Å²) < 4.78 is 0. The molecule has 27 heavy (non-hydrogen) atoms. The molecule has 0 radical (unpaired) electrons. The maximum Gasteiger partial charge on any atom is 0.344 e. The smallest absolute Gasteiger partial charge is 0.322 e. The van der Waals surface area contributed by atoms with Crippen molar-refractivity contribution in [3.05, 3.63) is 30.6 Å². The Hall–Kier alpha value is -2.68. The number of benzene rings is 1. The highest BCUT2D eigenvalue weighted by molar-refractivity contribution is 8.00. The summed E-state index contributed by atoms with van der Waals surface area (Å²) in [7, 11) is 0. The summed E-state index contributed by atoms with van der Waals surface area (Å²) >= 11 is 1.24. The zero-order valence-electron chi connectivity index (χ0n) is 14.6. The largest absolute Gasteiger partial charge is 0.344 e. The first-order valence-electron chi connectivity index (χ1n) is 8.88. The lowest BCUT2D eigenvalue weighted by Gasteiger charge is -2.30. The van der Waals surface area contributed by atoms with E-state index < -0.39 is 17.5 Å². The Balaban J connectivity index is 1.41. The average molecular weight is 385 g/mol.